The summed E-state index contributed by atoms with van der Waals surface area (Å²) in [7, 11) is 0. The van der Waals surface area contributed by atoms with E-state index in [0.29, 0.717) is 47.9 Å². The number of benzene rings is 1. The third kappa shape index (κ3) is 2.45. The molecule has 0 spiro atoms. The molecule has 8 nitrogen and oxygen atoms in total. The molecule has 5 rings (SSSR count). The van der Waals surface area contributed by atoms with Crippen LogP contribution in [0.5, 0.6) is 11.5 Å². The molecular formula is C18H18N4O4. The van der Waals surface area contributed by atoms with Gasteiger partial charge in [0.15, 0.2) is 35.2 Å². The summed E-state index contributed by atoms with van der Waals surface area (Å²) in [5.74, 6) is 2.76. The topological polar surface area (TPSA) is 109 Å². The molecular weight excluding hydrogens is 336 g/mol. The van der Waals surface area contributed by atoms with Gasteiger partial charge in [0.2, 0.25) is 0 Å². The Kier molecular flexibility index (Phi) is 3.46. The lowest BCUT2D eigenvalue weighted by Gasteiger charge is -2.18. The van der Waals surface area contributed by atoms with Gasteiger partial charge < -0.3 is 24.1 Å². The molecule has 26 heavy (non-hydrogen) atoms. The predicted molar refractivity (Wildman–Crippen MR) is 90.6 cm³/mol. The van der Waals surface area contributed by atoms with Gasteiger partial charge in [-0.2, -0.15) is 4.98 Å². The van der Waals surface area contributed by atoms with Gasteiger partial charge in [-0.3, -0.25) is 0 Å². The highest BCUT2D eigenvalue weighted by atomic mass is 16.6. The van der Waals surface area contributed by atoms with Crippen LogP contribution in [-0.4, -0.2) is 28.3 Å². The van der Waals surface area contributed by atoms with Crippen LogP contribution in [0, 0.1) is 0 Å². The summed E-state index contributed by atoms with van der Waals surface area (Å²) < 4.78 is 22.2. The zero-order valence-electron chi connectivity index (χ0n) is 14.1. The zero-order valence-corrected chi connectivity index (χ0v) is 14.1. The van der Waals surface area contributed by atoms with Crippen molar-refractivity contribution in [3.8, 4) is 34.4 Å². The lowest BCUT2D eigenvalue weighted by Crippen LogP contribution is -2.34. The second kappa shape index (κ2) is 5.84. The van der Waals surface area contributed by atoms with E-state index in [1.807, 2.05) is 18.2 Å². The third-order valence-corrected chi connectivity index (χ3v) is 4.94. The number of fused-ring (bicyclic) bond motifs is 1. The van der Waals surface area contributed by atoms with E-state index < -0.39 is 5.54 Å². The number of ether oxygens (including phenoxy) is 2. The van der Waals surface area contributed by atoms with E-state index in [4.69, 9.17) is 24.1 Å². The molecule has 1 aromatic carbocycles. The van der Waals surface area contributed by atoms with E-state index in [1.165, 1.54) is 6.39 Å². The van der Waals surface area contributed by atoms with Crippen LogP contribution in [0.3, 0.4) is 0 Å². The molecule has 2 N–H and O–H groups in total. The van der Waals surface area contributed by atoms with Crippen molar-refractivity contribution in [1.82, 2.24) is 15.1 Å². The average Bonchev–Trinajstić information content (AvgIpc) is 3.41. The number of oxazole rings is 1. The highest BCUT2D eigenvalue weighted by Gasteiger charge is 2.36. The number of aromatic nitrogens is 3. The molecule has 0 saturated heterocycles. The fraction of sp³-hybridized carbons (Fsp3) is 0.389. The van der Waals surface area contributed by atoms with Crippen molar-refractivity contribution >= 4 is 0 Å². The van der Waals surface area contributed by atoms with Gasteiger partial charge in [0.25, 0.3) is 5.89 Å². The van der Waals surface area contributed by atoms with Gasteiger partial charge in [-0.05, 0) is 31.0 Å². The zero-order chi connectivity index (χ0) is 17.6. The first-order valence-corrected chi connectivity index (χ1v) is 8.70. The molecule has 0 amide bonds. The molecule has 1 aliphatic heterocycles. The van der Waals surface area contributed by atoms with Crippen molar-refractivity contribution in [3.63, 3.8) is 0 Å². The first kappa shape index (κ1) is 15.4. The summed E-state index contributed by atoms with van der Waals surface area (Å²) in [6, 6.07) is 5.59. The number of rotatable bonds is 3. The van der Waals surface area contributed by atoms with E-state index in [0.717, 1.165) is 31.2 Å². The Morgan fingerprint density at radius 1 is 1.04 bits per heavy atom. The van der Waals surface area contributed by atoms with Gasteiger partial charge in [-0.15, -0.1) is 0 Å². The first-order valence-electron chi connectivity index (χ1n) is 8.70. The van der Waals surface area contributed by atoms with Crippen molar-refractivity contribution in [2.45, 2.75) is 31.2 Å². The Bertz CT molecular complexity index is 942. The van der Waals surface area contributed by atoms with Crippen LogP contribution < -0.4 is 15.2 Å². The Balaban J connectivity index is 1.51. The molecule has 1 aliphatic carbocycles. The van der Waals surface area contributed by atoms with Crippen LogP contribution in [0.25, 0.3) is 22.9 Å². The van der Waals surface area contributed by atoms with Crippen molar-refractivity contribution < 1.29 is 18.4 Å². The summed E-state index contributed by atoms with van der Waals surface area (Å²) in [6.07, 6.45) is 5.23. The average molecular weight is 354 g/mol. The van der Waals surface area contributed by atoms with Gasteiger partial charge in [-0.1, -0.05) is 18.0 Å². The molecule has 3 aromatic rings. The maximum absolute atomic E-state index is 6.41. The van der Waals surface area contributed by atoms with Crippen LogP contribution in [0.4, 0.5) is 0 Å². The van der Waals surface area contributed by atoms with Crippen LogP contribution in [-0.2, 0) is 5.54 Å². The van der Waals surface area contributed by atoms with Gasteiger partial charge in [0, 0.05) is 5.56 Å². The predicted octanol–water partition coefficient (Wildman–Crippen LogP) is 2.89. The van der Waals surface area contributed by atoms with E-state index >= 15 is 0 Å². The number of hydrogen-bond donors (Lipinski definition) is 1. The Labute approximate surface area is 149 Å². The molecule has 0 unspecified atom stereocenters. The van der Waals surface area contributed by atoms with Crippen molar-refractivity contribution in [2.24, 2.45) is 5.73 Å². The standard InChI is InChI=1S/C18H18N4O4/c19-18(5-1-2-6-18)17-21-16(26-22-17)14-15(25-10-20-14)11-3-4-12-13(9-11)24-8-7-23-12/h3-4,9-10H,1-2,5-8,19H2. The van der Waals surface area contributed by atoms with Gasteiger partial charge in [0.05, 0.1) is 5.54 Å². The second-order valence-electron chi connectivity index (χ2n) is 6.67. The van der Waals surface area contributed by atoms with Crippen LogP contribution >= 0.6 is 0 Å². The number of hydrogen-bond acceptors (Lipinski definition) is 8. The lowest BCUT2D eigenvalue weighted by atomic mass is 9.99. The second-order valence-corrected chi connectivity index (χ2v) is 6.67. The minimum absolute atomic E-state index is 0.301. The Morgan fingerprint density at radius 2 is 1.85 bits per heavy atom. The summed E-state index contributed by atoms with van der Waals surface area (Å²) in [6.45, 7) is 1.07. The van der Waals surface area contributed by atoms with Gasteiger partial charge in [0.1, 0.15) is 13.2 Å². The van der Waals surface area contributed by atoms with E-state index in [2.05, 4.69) is 15.1 Å². The first-order chi connectivity index (χ1) is 12.7. The van der Waals surface area contributed by atoms with Crippen molar-refractivity contribution in [1.29, 1.82) is 0 Å². The summed E-state index contributed by atoms with van der Waals surface area (Å²) in [4.78, 5) is 8.76. The molecule has 1 saturated carbocycles. The molecule has 1 fully saturated rings. The maximum Gasteiger partial charge on any atom is 0.280 e. The highest BCUT2D eigenvalue weighted by Crippen LogP contribution is 2.39. The minimum atomic E-state index is -0.511. The van der Waals surface area contributed by atoms with Crippen LogP contribution in [0.15, 0.2) is 33.5 Å². The van der Waals surface area contributed by atoms with Crippen molar-refractivity contribution in [3.05, 3.63) is 30.4 Å². The van der Waals surface area contributed by atoms with E-state index in [-0.39, 0.29) is 0 Å². The molecule has 8 heteroatoms. The largest absolute Gasteiger partial charge is 0.486 e. The summed E-state index contributed by atoms with van der Waals surface area (Å²) in [5, 5.41) is 4.09. The molecule has 2 aromatic heterocycles. The molecule has 0 radical (unpaired) electrons. The monoisotopic (exact) mass is 354 g/mol. The van der Waals surface area contributed by atoms with E-state index in [9.17, 15) is 0 Å². The molecule has 0 bridgehead atoms. The summed E-state index contributed by atoms with van der Waals surface area (Å²) >= 11 is 0. The molecule has 3 heterocycles. The SMILES string of the molecule is NC1(c2noc(-c3ncoc3-c3ccc4c(c3)OCCO4)n2)CCCC1. The smallest absolute Gasteiger partial charge is 0.280 e. The number of nitrogens with two attached hydrogens (primary N) is 1. The van der Waals surface area contributed by atoms with Crippen molar-refractivity contribution in [2.75, 3.05) is 13.2 Å². The fourth-order valence-electron chi connectivity index (χ4n) is 3.54. The highest BCUT2D eigenvalue weighted by molar-refractivity contribution is 5.74. The Morgan fingerprint density at radius 3 is 2.69 bits per heavy atom. The normalized spacial score (nSPS) is 18.2. The molecule has 134 valence electrons. The van der Waals surface area contributed by atoms with Gasteiger partial charge >= 0.3 is 0 Å². The van der Waals surface area contributed by atoms with Gasteiger partial charge in [-0.25, -0.2) is 4.98 Å². The van der Waals surface area contributed by atoms with Crippen LogP contribution in [0.2, 0.25) is 0 Å². The number of nitrogens with zero attached hydrogens (tertiary/aromatic N) is 3. The maximum atomic E-state index is 6.41. The fourth-order valence-corrected chi connectivity index (χ4v) is 3.54. The minimum Gasteiger partial charge on any atom is -0.486 e. The Hall–Kier alpha value is -2.87. The molecule has 2 aliphatic rings. The lowest BCUT2D eigenvalue weighted by molar-refractivity contribution is 0.171. The van der Waals surface area contributed by atoms with E-state index in [1.54, 1.807) is 0 Å². The molecule has 0 atom stereocenters. The third-order valence-electron chi connectivity index (χ3n) is 4.94. The summed E-state index contributed by atoms with van der Waals surface area (Å²) in [5.41, 5.74) is 7.19. The van der Waals surface area contributed by atoms with Crippen LogP contribution in [0.1, 0.15) is 31.5 Å². The quantitative estimate of drug-likeness (QED) is 0.764.